The minimum absolute atomic E-state index is 0.105. The zero-order chi connectivity index (χ0) is 14.3. The van der Waals surface area contributed by atoms with Crippen LogP contribution >= 0.6 is 27.3 Å². The molecule has 0 unspecified atom stereocenters. The summed E-state index contributed by atoms with van der Waals surface area (Å²) in [5.74, 6) is 0.797. The number of aryl methyl sites for hydroxylation is 1. The van der Waals surface area contributed by atoms with Crippen LogP contribution in [0, 0.1) is 18.8 Å². The van der Waals surface area contributed by atoms with Crippen molar-refractivity contribution in [3.63, 3.8) is 0 Å². The van der Waals surface area contributed by atoms with Crippen molar-refractivity contribution >= 4 is 38.3 Å². The molecule has 1 amide bonds. The molecule has 1 aromatic carbocycles. The lowest BCUT2D eigenvalue weighted by Gasteiger charge is -1.99. The molecule has 5 heteroatoms. The van der Waals surface area contributed by atoms with Crippen LogP contribution in [0.5, 0.6) is 0 Å². The van der Waals surface area contributed by atoms with Crippen LogP contribution < -0.4 is 5.32 Å². The van der Waals surface area contributed by atoms with Crippen LogP contribution in [0.3, 0.4) is 0 Å². The summed E-state index contributed by atoms with van der Waals surface area (Å²) in [6.07, 6.45) is 0.996. The highest BCUT2D eigenvalue weighted by molar-refractivity contribution is 9.10. The largest absolute Gasteiger partial charge is 0.302 e. The highest BCUT2D eigenvalue weighted by atomic mass is 79.9. The Balaban J connectivity index is 1.80. The second-order valence-corrected chi connectivity index (χ2v) is 7.36. The van der Waals surface area contributed by atoms with Crippen molar-refractivity contribution in [1.82, 2.24) is 4.98 Å². The number of nitrogens with one attached hydrogen (secondary N) is 1. The lowest BCUT2D eigenvalue weighted by atomic mass is 10.1. The number of nitrogens with zero attached hydrogens (tertiary/aromatic N) is 1. The molecule has 2 atom stereocenters. The van der Waals surface area contributed by atoms with Crippen molar-refractivity contribution < 1.29 is 4.79 Å². The summed E-state index contributed by atoms with van der Waals surface area (Å²) in [5.41, 5.74) is 2.02. The number of carbonyl (C=O) groups is 1. The quantitative estimate of drug-likeness (QED) is 0.886. The van der Waals surface area contributed by atoms with E-state index in [1.807, 2.05) is 31.2 Å². The van der Waals surface area contributed by atoms with Crippen LogP contribution in [0.1, 0.15) is 18.2 Å². The smallest absolute Gasteiger partial charge is 0.229 e. The van der Waals surface area contributed by atoms with Gasteiger partial charge in [0.1, 0.15) is 0 Å². The van der Waals surface area contributed by atoms with Gasteiger partial charge in [-0.25, -0.2) is 4.98 Å². The van der Waals surface area contributed by atoms with Gasteiger partial charge in [-0.05, 0) is 31.4 Å². The normalized spacial score (nSPS) is 20.8. The SMILES string of the molecule is Cc1sc(NC(=O)[C@@H]2C[C@H]2C)nc1-c1ccc(Br)cc1. The van der Waals surface area contributed by atoms with E-state index in [0.717, 1.165) is 27.0 Å². The maximum atomic E-state index is 11.9. The summed E-state index contributed by atoms with van der Waals surface area (Å²) >= 11 is 4.96. The summed E-state index contributed by atoms with van der Waals surface area (Å²) in [5, 5.41) is 3.63. The van der Waals surface area contributed by atoms with E-state index >= 15 is 0 Å². The van der Waals surface area contributed by atoms with Gasteiger partial charge >= 0.3 is 0 Å². The molecule has 0 bridgehead atoms. The second kappa shape index (κ2) is 5.30. The fourth-order valence-corrected chi connectivity index (χ4v) is 3.31. The number of hydrogen-bond acceptors (Lipinski definition) is 3. The van der Waals surface area contributed by atoms with E-state index in [0.29, 0.717) is 11.0 Å². The fraction of sp³-hybridized carbons (Fsp3) is 0.333. The predicted octanol–water partition coefficient (Wildman–Crippen LogP) is 4.48. The Hall–Kier alpha value is -1.20. The maximum Gasteiger partial charge on any atom is 0.229 e. The standard InChI is InChI=1S/C15H15BrN2OS/c1-8-7-12(8)14(19)18-15-17-13(9(2)20-15)10-3-5-11(16)6-4-10/h3-6,8,12H,7H2,1-2H3,(H,17,18,19)/t8-,12-/m1/s1. The summed E-state index contributed by atoms with van der Waals surface area (Å²) in [7, 11) is 0. The minimum Gasteiger partial charge on any atom is -0.302 e. The van der Waals surface area contributed by atoms with Crippen LogP contribution in [0.4, 0.5) is 5.13 Å². The number of halogens is 1. The number of carbonyl (C=O) groups excluding carboxylic acids is 1. The third-order valence-corrected chi connectivity index (χ3v) is 5.01. The number of amides is 1. The molecule has 1 aliphatic rings. The van der Waals surface area contributed by atoms with Crippen LogP contribution in [0.15, 0.2) is 28.7 Å². The maximum absolute atomic E-state index is 11.9. The molecular formula is C15H15BrN2OS. The van der Waals surface area contributed by atoms with E-state index in [4.69, 9.17) is 0 Å². The van der Waals surface area contributed by atoms with Gasteiger partial charge in [0.15, 0.2) is 5.13 Å². The summed E-state index contributed by atoms with van der Waals surface area (Å²) in [6.45, 7) is 4.13. The van der Waals surface area contributed by atoms with Gasteiger partial charge in [-0.15, -0.1) is 11.3 Å². The molecule has 2 aromatic rings. The topological polar surface area (TPSA) is 42.0 Å². The van der Waals surface area contributed by atoms with Gasteiger partial charge in [0, 0.05) is 20.8 Å². The molecule has 104 valence electrons. The van der Waals surface area contributed by atoms with E-state index in [1.165, 1.54) is 11.3 Å². The first-order valence-electron chi connectivity index (χ1n) is 6.59. The Morgan fingerprint density at radius 3 is 2.65 bits per heavy atom. The molecule has 1 aromatic heterocycles. The highest BCUT2D eigenvalue weighted by Crippen LogP contribution is 2.39. The van der Waals surface area contributed by atoms with Gasteiger partial charge in [0.2, 0.25) is 5.91 Å². The fourth-order valence-electron chi connectivity index (χ4n) is 2.21. The van der Waals surface area contributed by atoms with Crippen molar-refractivity contribution in [2.24, 2.45) is 11.8 Å². The molecule has 20 heavy (non-hydrogen) atoms. The number of hydrogen-bond donors (Lipinski definition) is 1. The van der Waals surface area contributed by atoms with Crippen molar-refractivity contribution in [2.75, 3.05) is 5.32 Å². The molecule has 0 saturated heterocycles. The first-order valence-corrected chi connectivity index (χ1v) is 8.20. The average Bonchev–Trinajstić information content (AvgIpc) is 3.03. The van der Waals surface area contributed by atoms with E-state index < -0.39 is 0 Å². The Morgan fingerprint density at radius 1 is 1.40 bits per heavy atom. The van der Waals surface area contributed by atoms with Crippen LogP contribution in [0.25, 0.3) is 11.3 Å². The number of thiazole rings is 1. The molecule has 1 fully saturated rings. The van der Waals surface area contributed by atoms with E-state index in [9.17, 15) is 4.79 Å². The molecule has 0 aliphatic heterocycles. The Kier molecular flexibility index (Phi) is 3.65. The van der Waals surface area contributed by atoms with Gasteiger partial charge in [-0.2, -0.15) is 0 Å². The molecule has 1 aliphatic carbocycles. The summed E-state index contributed by atoms with van der Waals surface area (Å²) in [4.78, 5) is 17.6. The zero-order valence-electron chi connectivity index (χ0n) is 11.3. The molecule has 1 saturated carbocycles. The van der Waals surface area contributed by atoms with Crippen LogP contribution in [0.2, 0.25) is 0 Å². The van der Waals surface area contributed by atoms with Crippen LogP contribution in [-0.4, -0.2) is 10.9 Å². The van der Waals surface area contributed by atoms with Crippen LogP contribution in [-0.2, 0) is 4.79 Å². The van der Waals surface area contributed by atoms with Gasteiger partial charge in [-0.3, -0.25) is 4.79 Å². The number of anilines is 1. The van der Waals surface area contributed by atoms with Gasteiger partial charge < -0.3 is 5.32 Å². The molecule has 3 rings (SSSR count). The van der Waals surface area contributed by atoms with Crippen molar-refractivity contribution in [1.29, 1.82) is 0 Å². The van der Waals surface area contributed by atoms with E-state index in [-0.39, 0.29) is 11.8 Å². The first kappa shape index (κ1) is 13.8. The predicted molar refractivity (Wildman–Crippen MR) is 85.9 cm³/mol. The first-order chi connectivity index (χ1) is 9.54. The number of aromatic nitrogens is 1. The van der Waals surface area contributed by atoms with Gasteiger partial charge in [0.05, 0.1) is 5.69 Å². The zero-order valence-corrected chi connectivity index (χ0v) is 13.7. The highest BCUT2D eigenvalue weighted by Gasteiger charge is 2.39. The average molecular weight is 351 g/mol. The summed E-state index contributed by atoms with van der Waals surface area (Å²) in [6, 6.07) is 8.05. The third-order valence-electron chi connectivity index (χ3n) is 3.59. The van der Waals surface area contributed by atoms with Crippen molar-refractivity contribution in [3.05, 3.63) is 33.6 Å². The third kappa shape index (κ3) is 2.79. The molecule has 1 heterocycles. The number of benzene rings is 1. The van der Waals surface area contributed by atoms with Gasteiger partial charge in [-0.1, -0.05) is 35.0 Å². The lowest BCUT2D eigenvalue weighted by Crippen LogP contribution is -2.14. The Bertz CT molecular complexity index is 650. The van der Waals surface area contributed by atoms with Crippen molar-refractivity contribution in [3.8, 4) is 11.3 Å². The molecular weight excluding hydrogens is 336 g/mol. The monoisotopic (exact) mass is 350 g/mol. The molecule has 3 nitrogen and oxygen atoms in total. The molecule has 0 radical (unpaired) electrons. The van der Waals surface area contributed by atoms with Crippen molar-refractivity contribution in [2.45, 2.75) is 20.3 Å². The lowest BCUT2D eigenvalue weighted by molar-refractivity contribution is -0.117. The second-order valence-electron chi connectivity index (χ2n) is 5.24. The van der Waals surface area contributed by atoms with Gasteiger partial charge in [0.25, 0.3) is 0 Å². The molecule has 1 N–H and O–H groups in total. The van der Waals surface area contributed by atoms with E-state index in [2.05, 4.69) is 33.2 Å². The Labute approximate surface area is 130 Å². The van der Waals surface area contributed by atoms with E-state index in [1.54, 1.807) is 0 Å². The number of rotatable bonds is 3. The minimum atomic E-state index is 0.105. The summed E-state index contributed by atoms with van der Waals surface area (Å²) < 4.78 is 1.05. The Morgan fingerprint density at radius 2 is 2.05 bits per heavy atom. The molecule has 0 spiro atoms.